The number of aliphatic hydroxyl groups is 1. The van der Waals surface area contributed by atoms with Gasteiger partial charge in [-0.3, -0.25) is 4.79 Å². The molecule has 2 aromatic rings. The number of piperidine rings is 1. The number of hydrogen-bond acceptors (Lipinski definition) is 4. The van der Waals surface area contributed by atoms with Crippen LogP contribution >= 0.6 is 0 Å². The number of fused-ring (bicyclic) bond motifs is 2. The Morgan fingerprint density at radius 1 is 1.28 bits per heavy atom. The fourth-order valence-electron chi connectivity index (χ4n) is 7.43. The Balaban J connectivity index is 1.31. The Labute approximate surface area is 255 Å². The van der Waals surface area contributed by atoms with Crippen molar-refractivity contribution in [3.63, 3.8) is 0 Å². The van der Waals surface area contributed by atoms with Crippen molar-refractivity contribution in [3.8, 4) is 5.75 Å². The molecule has 43 heavy (non-hydrogen) atoms. The highest BCUT2D eigenvalue weighted by Crippen LogP contribution is 2.61. The standard InChI is InChI=1S/C35H47FN4O3/c1-7-39(16-14-24-10-12-28(43-6)20-31(24)36)33(42)29-13-11-26(17-22(29)2)37-34(40-15-8-9-27(41)21-40)38-32-19-25-18-30(23(32)3)35(25,4)5/h7,10-13,17,20,23,25,27,30,32,41H,1,8-9,14-16,18-19,21H2,2-6H3,(H,37,38)/t23-,25-,27?,30+,32-/m0/s1. The van der Waals surface area contributed by atoms with Crippen LogP contribution in [0.1, 0.15) is 67.9 Å². The molecule has 0 spiro atoms. The zero-order valence-corrected chi connectivity index (χ0v) is 26.3. The van der Waals surface area contributed by atoms with E-state index in [4.69, 9.17) is 9.73 Å². The summed E-state index contributed by atoms with van der Waals surface area (Å²) in [7, 11) is 1.50. The van der Waals surface area contributed by atoms with Gasteiger partial charge < -0.3 is 25.0 Å². The number of hydrogen-bond donors (Lipinski definition) is 2. The minimum atomic E-state index is -0.366. The number of nitrogens with one attached hydrogen (secondary N) is 1. The Hall–Kier alpha value is -3.39. The Kier molecular flexibility index (Phi) is 9.16. The Morgan fingerprint density at radius 2 is 2.07 bits per heavy atom. The van der Waals surface area contributed by atoms with Crippen LogP contribution in [0.3, 0.4) is 0 Å². The Morgan fingerprint density at radius 3 is 2.70 bits per heavy atom. The molecular formula is C35H47FN4O3. The smallest absolute Gasteiger partial charge is 0.258 e. The summed E-state index contributed by atoms with van der Waals surface area (Å²) in [6, 6.07) is 10.7. The summed E-state index contributed by atoms with van der Waals surface area (Å²) in [5, 5.41) is 14.0. The quantitative estimate of drug-likeness (QED) is 0.280. The van der Waals surface area contributed by atoms with E-state index in [1.807, 2.05) is 25.1 Å². The van der Waals surface area contributed by atoms with E-state index < -0.39 is 0 Å². The van der Waals surface area contributed by atoms with Crippen LogP contribution in [0.5, 0.6) is 5.75 Å². The van der Waals surface area contributed by atoms with Gasteiger partial charge >= 0.3 is 0 Å². The van der Waals surface area contributed by atoms with Gasteiger partial charge in [0.2, 0.25) is 0 Å². The van der Waals surface area contributed by atoms with Gasteiger partial charge in [0.1, 0.15) is 11.6 Å². The highest BCUT2D eigenvalue weighted by atomic mass is 19.1. The third kappa shape index (κ3) is 6.44. The lowest BCUT2D eigenvalue weighted by molar-refractivity contribution is -0.108. The molecule has 8 heteroatoms. The molecular weight excluding hydrogens is 543 g/mol. The number of nitrogens with zero attached hydrogens (tertiary/aromatic N) is 3. The largest absolute Gasteiger partial charge is 0.497 e. The average molecular weight is 591 g/mol. The van der Waals surface area contributed by atoms with Crippen LogP contribution in [0, 0.1) is 35.9 Å². The number of aryl methyl sites for hydroxylation is 1. The van der Waals surface area contributed by atoms with Gasteiger partial charge in [-0.2, -0.15) is 0 Å². The minimum Gasteiger partial charge on any atom is -0.497 e. The molecule has 2 aromatic carbocycles. The van der Waals surface area contributed by atoms with Gasteiger partial charge in [-0.05, 0) is 104 Å². The zero-order valence-electron chi connectivity index (χ0n) is 26.3. The molecule has 1 heterocycles. The monoisotopic (exact) mass is 590 g/mol. The van der Waals surface area contributed by atoms with Gasteiger partial charge in [-0.1, -0.05) is 33.4 Å². The first-order chi connectivity index (χ1) is 20.5. The lowest BCUT2D eigenvalue weighted by atomic mass is 9.45. The highest BCUT2D eigenvalue weighted by Gasteiger charge is 2.56. The van der Waals surface area contributed by atoms with Gasteiger partial charge in [-0.15, -0.1) is 0 Å². The van der Waals surface area contributed by atoms with E-state index in [0.717, 1.165) is 43.0 Å². The van der Waals surface area contributed by atoms with Crippen LogP contribution in [0.25, 0.3) is 0 Å². The molecule has 1 amide bonds. The van der Waals surface area contributed by atoms with Gasteiger partial charge in [0, 0.05) is 37.0 Å². The van der Waals surface area contributed by atoms with Gasteiger partial charge in [-0.25, -0.2) is 9.38 Å². The topological polar surface area (TPSA) is 77.4 Å². The van der Waals surface area contributed by atoms with Crippen LogP contribution in [-0.2, 0) is 6.42 Å². The number of benzene rings is 2. The first kappa shape index (κ1) is 31.0. The molecule has 7 nitrogen and oxygen atoms in total. The number of aliphatic hydroxyl groups excluding tert-OH is 1. The molecule has 0 aromatic heterocycles. The van der Waals surface area contributed by atoms with E-state index >= 15 is 0 Å². The summed E-state index contributed by atoms with van der Waals surface area (Å²) >= 11 is 0. The molecule has 3 aliphatic carbocycles. The van der Waals surface area contributed by atoms with E-state index in [-0.39, 0.29) is 23.9 Å². The Bertz CT molecular complexity index is 1370. The normalized spacial score (nSPS) is 26.3. The number of anilines is 1. The average Bonchev–Trinajstić information content (AvgIpc) is 2.98. The number of methoxy groups -OCH3 is 1. The lowest BCUT2D eigenvalue weighted by Gasteiger charge is -2.61. The second kappa shape index (κ2) is 12.7. The van der Waals surface area contributed by atoms with E-state index in [9.17, 15) is 14.3 Å². The molecule has 5 atom stereocenters. The second-order valence-corrected chi connectivity index (χ2v) is 13.3. The maximum absolute atomic E-state index is 14.5. The van der Waals surface area contributed by atoms with Crippen molar-refractivity contribution in [3.05, 3.63) is 71.7 Å². The molecule has 4 fully saturated rings. The van der Waals surface area contributed by atoms with Crippen molar-refractivity contribution in [2.24, 2.45) is 28.2 Å². The van der Waals surface area contributed by atoms with E-state index in [0.29, 0.717) is 59.6 Å². The fourth-order valence-corrected chi connectivity index (χ4v) is 7.43. The van der Waals surface area contributed by atoms with Crippen LogP contribution in [0.2, 0.25) is 0 Å². The van der Waals surface area contributed by atoms with Crippen LogP contribution in [0.15, 0.2) is 54.2 Å². The number of guanidine groups is 1. The third-order valence-corrected chi connectivity index (χ3v) is 10.4. The van der Waals surface area contributed by atoms with E-state index in [1.165, 1.54) is 30.7 Å². The van der Waals surface area contributed by atoms with Crippen molar-refractivity contribution < 1.29 is 19.0 Å². The molecule has 0 radical (unpaired) electrons. The highest BCUT2D eigenvalue weighted by molar-refractivity contribution is 5.98. The first-order valence-electron chi connectivity index (χ1n) is 15.7. The number of amides is 1. The SMILES string of the molecule is C=CN(CCc1ccc(OC)cc1F)C(=O)c1ccc(N/C(=N/[C@H]2C[C@@H]3C[C@H]([C@@H]2C)C3(C)C)N2CCCC(O)C2)cc1C. The van der Waals surface area contributed by atoms with Gasteiger partial charge in [0.25, 0.3) is 5.91 Å². The van der Waals surface area contributed by atoms with Gasteiger partial charge in [0.05, 0.1) is 19.3 Å². The predicted molar refractivity (Wildman–Crippen MR) is 170 cm³/mol. The minimum absolute atomic E-state index is 0.182. The van der Waals surface area contributed by atoms with Gasteiger partial charge in [0.15, 0.2) is 5.96 Å². The van der Waals surface area contributed by atoms with Crippen molar-refractivity contribution in [1.29, 1.82) is 0 Å². The summed E-state index contributed by atoms with van der Waals surface area (Å²) in [6.45, 7) is 14.6. The van der Waals surface area contributed by atoms with Crippen LogP contribution in [0.4, 0.5) is 10.1 Å². The number of carbonyl (C=O) groups is 1. The number of ether oxygens (including phenoxy) is 1. The summed E-state index contributed by atoms with van der Waals surface area (Å²) in [5.41, 5.74) is 3.15. The molecule has 1 saturated heterocycles. The second-order valence-electron chi connectivity index (χ2n) is 13.3. The molecule has 1 unspecified atom stereocenters. The van der Waals surface area contributed by atoms with E-state index in [2.05, 4.69) is 37.6 Å². The van der Waals surface area contributed by atoms with E-state index in [1.54, 1.807) is 12.1 Å². The molecule has 2 N–H and O–H groups in total. The third-order valence-electron chi connectivity index (χ3n) is 10.4. The summed E-state index contributed by atoms with van der Waals surface area (Å²) in [4.78, 5) is 22.5. The molecule has 1 aliphatic heterocycles. The number of aliphatic imine (C=N–C) groups is 1. The number of β-amino-alcohol motifs (C(OH)–C–C–N with tert-alkyl or cyclic N) is 1. The first-order valence-corrected chi connectivity index (χ1v) is 15.7. The van der Waals surface area contributed by atoms with Crippen molar-refractivity contribution >= 4 is 17.6 Å². The van der Waals surface area contributed by atoms with Crippen LogP contribution < -0.4 is 10.1 Å². The lowest BCUT2D eigenvalue weighted by Crippen LogP contribution is -2.57. The molecule has 3 saturated carbocycles. The fraction of sp³-hybridized carbons (Fsp3) is 0.543. The predicted octanol–water partition coefficient (Wildman–Crippen LogP) is 6.27. The number of rotatable bonds is 8. The summed E-state index contributed by atoms with van der Waals surface area (Å²) < 4.78 is 19.6. The van der Waals surface area contributed by atoms with Crippen molar-refractivity contribution in [1.82, 2.24) is 9.80 Å². The molecule has 232 valence electrons. The zero-order chi connectivity index (χ0) is 30.9. The number of halogens is 1. The molecule has 6 rings (SSSR count). The van der Waals surface area contributed by atoms with Crippen molar-refractivity contribution in [2.45, 2.75) is 71.9 Å². The van der Waals surface area contributed by atoms with Crippen molar-refractivity contribution in [2.75, 3.05) is 32.1 Å². The summed E-state index contributed by atoms with van der Waals surface area (Å²) in [5.74, 6) is 2.63. The maximum Gasteiger partial charge on any atom is 0.258 e. The summed E-state index contributed by atoms with van der Waals surface area (Å²) in [6.07, 6.45) is 5.61. The number of carbonyl (C=O) groups excluding carboxylic acids is 1. The maximum atomic E-state index is 14.5. The van der Waals surface area contributed by atoms with Crippen LogP contribution in [-0.4, -0.2) is 65.7 Å². The number of likely N-dealkylation sites (tertiary alicyclic amines) is 1. The molecule has 2 bridgehead atoms. The molecule has 4 aliphatic rings.